The molecule has 7 nitrogen and oxygen atoms in total. The second-order valence-electron chi connectivity index (χ2n) is 5.97. The van der Waals surface area contributed by atoms with Crippen molar-refractivity contribution >= 4 is 38.8 Å². The molecule has 136 valence electrons. The van der Waals surface area contributed by atoms with Gasteiger partial charge in [0.05, 0.1) is 43.0 Å². The van der Waals surface area contributed by atoms with Crippen LogP contribution in [-0.2, 0) is 19.4 Å². The number of esters is 1. The highest BCUT2D eigenvalue weighted by molar-refractivity contribution is 7.91. The summed E-state index contributed by atoms with van der Waals surface area (Å²) in [5, 5.41) is 0.419. The van der Waals surface area contributed by atoms with Crippen LogP contribution in [0.2, 0.25) is 0 Å². The van der Waals surface area contributed by atoms with E-state index in [0.29, 0.717) is 16.5 Å². The molecule has 2 aliphatic heterocycles. The molecule has 0 spiro atoms. The van der Waals surface area contributed by atoms with Gasteiger partial charge in [0.15, 0.2) is 14.9 Å². The Morgan fingerprint density at radius 2 is 1.96 bits per heavy atom. The van der Waals surface area contributed by atoms with Crippen LogP contribution in [0.25, 0.3) is 0 Å². The Kier molecular flexibility index (Phi) is 4.88. The van der Waals surface area contributed by atoms with Crippen molar-refractivity contribution in [3.05, 3.63) is 24.3 Å². The van der Waals surface area contributed by atoms with E-state index in [0.717, 1.165) is 0 Å². The van der Waals surface area contributed by atoms with Crippen LogP contribution < -0.4 is 9.64 Å². The van der Waals surface area contributed by atoms with Crippen molar-refractivity contribution in [1.29, 1.82) is 0 Å². The summed E-state index contributed by atoms with van der Waals surface area (Å²) in [7, 11) is -1.65. The minimum absolute atomic E-state index is 0.00478. The van der Waals surface area contributed by atoms with E-state index in [1.54, 1.807) is 29.9 Å². The van der Waals surface area contributed by atoms with Gasteiger partial charge in [0.2, 0.25) is 0 Å². The van der Waals surface area contributed by atoms with E-state index in [2.05, 4.69) is 0 Å². The molecular weight excluding hydrogens is 364 g/mol. The van der Waals surface area contributed by atoms with Gasteiger partial charge < -0.3 is 19.3 Å². The van der Waals surface area contributed by atoms with Gasteiger partial charge in [-0.3, -0.25) is 4.79 Å². The normalized spacial score (nSPS) is 24.3. The van der Waals surface area contributed by atoms with Crippen LogP contribution in [0.3, 0.4) is 0 Å². The Morgan fingerprint density at radius 1 is 1.28 bits per heavy atom. The predicted octanol–water partition coefficient (Wildman–Crippen LogP) is 0.831. The summed E-state index contributed by atoms with van der Waals surface area (Å²) in [5.41, 5.74) is 0.702. The van der Waals surface area contributed by atoms with E-state index in [-0.39, 0.29) is 36.7 Å². The van der Waals surface area contributed by atoms with Gasteiger partial charge in [-0.15, -0.1) is 0 Å². The van der Waals surface area contributed by atoms with Gasteiger partial charge >= 0.3 is 5.97 Å². The van der Waals surface area contributed by atoms with Gasteiger partial charge in [0, 0.05) is 0 Å². The number of sulfone groups is 1. The number of ether oxygens (including phenoxy) is 2. The van der Waals surface area contributed by atoms with Crippen LogP contribution in [0.1, 0.15) is 6.92 Å². The summed E-state index contributed by atoms with van der Waals surface area (Å²) >= 11 is 5.58. The first-order valence-electron chi connectivity index (χ1n) is 7.97. The van der Waals surface area contributed by atoms with E-state index in [9.17, 15) is 13.2 Å². The lowest BCUT2D eigenvalue weighted by atomic mass is 10.1. The molecule has 2 atom stereocenters. The number of carbonyl (C=O) groups is 1. The Balaban J connectivity index is 1.98. The van der Waals surface area contributed by atoms with E-state index < -0.39 is 15.8 Å². The zero-order chi connectivity index (χ0) is 18.2. The first-order valence-corrected chi connectivity index (χ1v) is 10.2. The monoisotopic (exact) mass is 384 g/mol. The third-order valence-electron chi connectivity index (χ3n) is 4.43. The maximum atomic E-state index is 12.2. The average Bonchev–Trinajstić information content (AvgIpc) is 2.99. The van der Waals surface area contributed by atoms with Crippen LogP contribution >= 0.6 is 12.2 Å². The maximum Gasteiger partial charge on any atom is 0.325 e. The Hall–Kier alpha value is -1.87. The van der Waals surface area contributed by atoms with Crippen molar-refractivity contribution in [2.75, 3.05) is 36.7 Å². The molecule has 3 rings (SSSR count). The summed E-state index contributed by atoms with van der Waals surface area (Å²) in [5.74, 6) is 0.151. The molecule has 0 aliphatic carbocycles. The topological polar surface area (TPSA) is 76.2 Å². The van der Waals surface area contributed by atoms with Crippen LogP contribution in [0, 0.1) is 0 Å². The summed E-state index contributed by atoms with van der Waals surface area (Å²) < 4.78 is 34.8. The van der Waals surface area contributed by atoms with Gasteiger partial charge in [-0.05, 0) is 31.3 Å². The minimum Gasteiger partial charge on any atom is -0.495 e. The van der Waals surface area contributed by atoms with Gasteiger partial charge in [-0.25, -0.2) is 8.42 Å². The molecule has 2 heterocycles. The fourth-order valence-electron chi connectivity index (χ4n) is 3.42. The lowest BCUT2D eigenvalue weighted by Gasteiger charge is -2.26. The minimum atomic E-state index is -3.21. The number of thiocarbonyl (C=S) groups is 1. The SMILES string of the molecule is CCOC(=O)CN1C(=S)N(c2ccccc2OC)[C@H]2CS(=O)(=O)C[C@@H]21. The number of benzene rings is 1. The molecule has 2 fully saturated rings. The highest BCUT2D eigenvalue weighted by Crippen LogP contribution is 2.39. The fraction of sp³-hybridized carbons (Fsp3) is 0.500. The van der Waals surface area contributed by atoms with Crippen molar-refractivity contribution in [2.24, 2.45) is 0 Å². The summed E-state index contributed by atoms with van der Waals surface area (Å²) in [4.78, 5) is 15.4. The largest absolute Gasteiger partial charge is 0.495 e. The first kappa shape index (κ1) is 17.9. The molecule has 1 aromatic carbocycles. The van der Waals surface area contributed by atoms with E-state index in [4.69, 9.17) is 21.7 Å². The molecule has 0 N–H and O–H groups in total. The maximum absolute atomic E-state index is 12.2. The van der Waals surface area contributed by atoms with E-state index >= 15 is 0 Å². The molecule has 2 saturated heterocycles. The molecule has 0 saturated carbocycles. The predicted molar refractivity (Wildman–Crippen MR) is 97.6 cm³/mol. The quantitative estimate of drug-likeness (QED) is 0.546. The molecule has 2 aliphatic rings. The Bertz CT molecular complexity index is 795. The van der Waals surface area contributed by atoms with Crippen LogP contribution in [0.4, 0.5) is 5.69 Å². The second kappa shape index (κ2) is 6.80. The third-order valence-corrected chi connectivity index (χ3v) is 6.56. The van der Waals surface area contributed by atoms with Crippen molar-refractivity contribution < 1.29 is 22.7 Å². The molecule has 1 aromatic rings. The second-order valence-corrected chi connectivity index (χ2v) is 8.49. The molecule has 0 aromatic heterocycles. The van der Waals surface area contributed by atoms with Gasteiger partial charge in [-0.1, -0.05) is 12.1 Å². The molecule has 0 radical (unpaired) electrons. The summed E-state index contributed by atoms with van der Waals surface area (Å²) in [6, 6.07) is 6.59. The van der Waals surface area contributed by atoms with Gasteiger partial charge in [0.1, 0.15) is 12.3 Å². The number of nitrogens with zero attached hydrogens (tertiary/aromatic N) is 2. The number of methoxy groups -OCH3 is 1. The molecule has 0 amide bonds. The number of hydrogen-bond donors (Lipinski definition) is 0. The number of carbonyl (C=O) groups excluding carboxylic acids is 1. The Labute approximate surface area is 152 Å². The van der Waals surface area contributed by atoms with Crippen LogP contribution in [-0.4, -0.2) is 68.3 Å². The first-order chi connectivity index (χ1) is 11.9. The van der Waals surface area contributed by atoms with Crippen LogP contribution in [0.15, 0.2) is 24.3 Å². The van der Waals surface area contributed by atoms with Gasteiger partial charge in [-0.2, -0.15) is 0 Å². The molecule has 0 bridgehead atoms. The zero-order valence-corrected chi connectivity index (χ0v) is 15.7. The van der Waals surface area contributed by atoms with Crippen molar-refractivity contribution in [3.8, 4) is 5.75 Å². The van der Waals surface area contributed by atoms with Gasteiger partial charge in [0.25, 0.3) is 0 Å². The van der Waals surface area contributed by atoms with Crippen molar-refractivity contribution in [3.63, 3.8) is 0 Å². The Morgan fingerprint density at radius 3 is 2.64 bits per heavy atom. The number of hydrogen-bond acceptors (Lipinski definition) is 6. The highest BCUT2D eigenvalue weighted by Gasteiger charge is 2.53. The third kappa shape index (κ3) is 3.30. The zero-order valence-electron chi connectivity index (χ0n) is 14.0. The highest BCUT2D eigenvalue weighted by atomic mass is 32.2. The number of para-hydroxylation sites is 2. The standard InChI is InChI=1S/C16H20N2O5S2/c1-3-23-15(19)8-17-12-9-25(20,21)10-13(12)18(16(17)24)11-6-4-5-7-14(11)22-2/h4-7,12-13H,3,8-10H2,1-2H3/t12-,13-/m0/s1. The summed E-state index contributed by atoms with van der Waals surface area (Å²) in [6.45, 7) is 1.93. The summed E-state index contributed by atoms with van der Waals surface area (Å²) in [6.07, 6.45) is 0. The molecule has 0 unspecified atom stereocenters. The van der Waals surface area contributed by atoms with Crippen LogP contribution in [0.5, 0.6) is 5.75 Å². The number of fused-ring (bicyclic) bond motifs is 1. The average molecular weight is 384 g/mol. The van der Waals surface area contributed by atoms with E-state index in [1.807, 2.05) is 18.2 Å². The van der Waals surface area contributed by atoms with Crippen molar-refractivity contribution in [2.45, 2.75) is 19.0 Å². The van der Waals surface area contributed by atoms with Crippen molar-refractivity contribution in [1.82, 2.24) is 4.90 Å². The smallest absolute Gasteiger partial charge is 0.325 e. The lowest BCUT2D eigenvalue weighted by Crippen LogP contribution is -2.41. The number of rotatable bonds is 5. The lowest BCUT2D eigenvalue weighted by molar-refractivity contribution is -0.143. The molecular formula is C16H20N2O5S2. The molecule has 25 heavy (non-hydrogen) atoms. The number of anilines is 1. The molecule has 9 heteroatoms. The fourth-order valence-corrected chi connectivity index (χ4v) is 5.80. The van der Waals surface area contributed by atoms with E-state index in [1.165, 1.54) is 0 Å².